The Morgan fingerprint density at radius 3 is 2.04 bits per heavy atom. The summed E-state index contributed by atoms with van der Waals surface area (Å²) in [5, 5.41) is 4.45. The number of amides is 2. The van der Waals surface area contributed by atoms with Crippen LogP contribution in [-0.2, 0) is 15.0 Å². The van der Waals surface area contributed by atoms with Gasteiger partial charge in [-0.05, 0) is 35.2 Å². The predicted octanol–water partition coefficient (Wildman–Crippen LogP) is 3.84. The highest BCUT2D eigenvalue weighted by Crippen LogP contribution is 2.23. The molecular weight excluding hydrogens is 314 g/mol. The van der Waals surface area contributed by atoms with Gasteiger partial charge in [0, 0.05) is 11.8 Å². The summed E-state index contributed by atoms with van der Waals surface area (Å²) in [6.45, 7) is 6.17. The fourth-order valence-electron chi connectivity index (χ4n) is 2.01. The zero-order valence-corrected chi connectivity index (χ0v) is 13.6. The molecule has 0 fully saturated rings. The molecule has 0 aliphatic rings. The number of rotatable bonds is 2. The predicted molar refractivity (Wildman–Crippen MR) is 88.8 cm³/mol. The molecule has 0 saturated heterocycles. The average molecular weight is 332 g/mol. The molecule has 0 unspecified atom stereocenters. The third kappa shape index (κ3) is 4.38. The fraction of sp³-hybridized carbons (Fsp3) is 0.222. The topological polar surface area (TPSA) is 58.2 Å². The summed E-state index contributed by atoms with van der Waals surface area (Å²) < 4.78 is 26.5. The highest BCUT2D eigenvalue weighted by molar-refractivity contribution is 6.43. The van der Waals surface area contributed by atoms with E-state index in [-0.39, 0.29) is 5.41 Å². The van der Waals surface area contributed by atoms with E-state index < -0.39 is 29.1 Å². The van der Waals surface area contributed by atoms with Crippen LogP contribution in [0.15, 0.2) is 42.5 Å². The Bertz CT molecular complexity index is 766. The third-order valence-electron chi connectivity index (χ3n) is 3.39. The molecule has 2 rings (SSSR count). The van der Waals surface area contributed by atoms with Crippen molar-refractivity contribution in [1.29, 1.82) is 0 Å². The summed E-state index contributed by atoms with van der Waals surface area (Å²) in [7, 11) is 0. The maximum atomic E-state index is 13.5. The number of hydrogen-bond donors (Lipinski definition) is 2. The molecule has 0 atom stereocenters. The highest BCUT2D eigenvalue weighted by Gasteiger charge is 2.17. The van der Waals surface area contributed by atoms with Crippen molar-refractivity contribution in [3.8, 4) is 0 Å². The summed E-state index contributed by atoms with van der Waals surface area (Å²) in [4.78, 5) is 23.6. The van der Waals surface area contributed by atoms with Crippen LogP contribution in [0.1, 0.15) is 26.3 Å². The average Bonchev–Trinajstić information content (AvgIpc) is 2.50. The molecule has 4 nitrogen and oxygen atoms in total. The van der Waals surface area contributed by atoms with Crippen LogP contribution in [0.2, 0.25) is 0 Å². The van der Waals surface area contributed by atoms with Crippen LogP contribution in [-0.4, -0.2) is 11.8 Å². The lowest BCUT2D eigenvalue weighted by Gasteiger charge is -2.19. The SMILES string of the molecule is CC(C)(C)c1ccc(NC(=O)C(=O)Nc2cc(F)ccc2F)cc1. The molecule has 0 aromatic heterocycles. The van der Waals surface area contributed by atoms with Gasteiger partial charge in [0.15, 0.2) is 0 Å². The Labute approximate surface area is 138 Å². The second-order valence-electron chi connectivity index (χ2n) is 6.36. The summed E-state index contributed by atoms with van der Waals surface area (Å²) in [6, 6.07) is 9.64. The van der Waals surface area contributed by atoms with Gasteiger partial charge < -0.3 is 10.6 Å². The molecule has 0 bridgehead atoms. The molecule has 0 aliphatic heterocycles. The molecule has 2 amide bonds. The van der Waals surface area contributed by atoms with Crippen LogP contribution in [0, 0.1) is 11.6 Å². The van der Waals surface area contributed by atoms with E-state index in [0.717, 1.165) is 23.8 Å². The number of carbonyl (C=O) groups is 2. The van der Waals surface area contributed by atoms with Gasteiger partial charge in [-0.15, -0.1) is 0 Å². The van der Waals surface area contributed by atoms with Gasteiger partial charge in [0.1, 0.15) is 11.6 Å². The van der Waals surface area contributed by atoms with Crippen molar-refractivity contribution >= 4 is 23.2 Å². The summed E-state index contributed by atoms with van der Waals surface area (Å²) >= 11 is 0. The zero-order valence-electron chi connectivity index (χ0n) is 13.6. The quantitative estimate of drug-likeness (QED) is 0.821. The maximum Gasteiger partial charge on any atom is 0.314 e. The minimum Gasteiger partial charge on any atom is -0.318 e. The zero-order chi connectivity index (χ0) is 17.9. The smallest absolute Gasteiger partial charge is 0.314 e. The van der Waals surface area contributed by atoms with E-state index in [0.29, 0.717) is 5.69 Å². The Balaban J connectivity index is 2.04. The van der Waals surface area contributed by atoms with Gasteiger partial charge >= 0.3 is 11.8 Å². The largest absolute Gasteiger partial charge is 0.318 e. The van der Waals surface area contributed by atoms with Gasteiger partial charge in [0.05, 0.1) is 5.69 Å². The maximum absolute atomic E-state index is 13.5. The highest BCUT2D eigenvalue weighted by atomic mass is 19.1. The molecule has 0 heterocycles. The fourth-order valence-corrected chi connectivity index (χ4v) is 2.01. The molecule has 24 heavy (non-hydrogen) atoms. The van der Waals surface area contributed by atoms with E-state index in [1.807, 2.05) is 17.4 Å². The molecule has 126 valence electrons. The summed E-state index contributed by atoms with van der Waals surface area (Å²) in [6.07, 6.45) is 0. The minimum atomic E-state index is -1.08. The van der Waals surface area contributed by atoms with E-state index >= 15 is 0 Å². The van der Waals surface area contributed by atoms with Gasteiger partial charge in [-0.2, -0.15) is 0 Å². The van der Waals surface area contributed by atoms with Crippen molar-refractivity contribution in [2.24, 2.45) is 0 Å². The van der Waals surface area contributed by atoms with Crippen molar-refractivity contribution in [2.45, 2.75) is 26.2 Å². The molecular formula is C18H18F2N2O2. The van der Waals surface area contributed by atoms with E-state index in [9.17, 15) is 18.4 Å². The number of nitrogens with one attached hydrogen (secondary N) is 2. The van der Waals surface area contributed by atoms with Gasteiger partial charge in [-0.3, -0.25) is 9.59 Å². The van der Waals surface area contributed by atoms with Gasteiger partial charge in [-0.25, -0.2) is 8.78 Å². The van der Waals surface area contributed by atoms with Crippen LogP contribution in [0.3, 0.4) is 0 Å². The van der Waals surface area contributed by atoms with Gasteiger partial charge in [-0.1, -0.05) is 32.9 Å². The lowest BCUT2D eigenvalue weighted by molar-refractivity contribution is -0.133. The molecule has 0 aliphatic carbocycles. The molecule has 0 radical (unpaired) electrons. The van der Waals surface area contributed by atoms with Crippen molar-refractivity contribution in [3.63, 3.8) is 0 Å². The van der Waals surface area contributed by atoms with E-state index in [4.69, 9.17) is 0 Å². The van der Waals surface area contributed by atoms with Crippen molar-refractivity contribution in [1.82, 2.24) is 0 Å². The number of anilines is 2. The molecule has 6 heteroatoms. The first kappa shape index (κ1) is 17.6. The second kappa shape index (κ2) is 6.78. The van der Waals surface area contributed by atoms with Crippen LogP contribution >= 0.6 is 0 Å². The van der Waals surface area contributed by atoms with Crippen LogP contribution < -0.4 is 10.6 Å². The number of benzene rings is 2. The Morgan fingerprint density at radius 1 is 0.875 bits per heavy atom. The number of carbonyl (C=O) groups excluding carboxylic acids is 2. The van der Waals surface area contributed by atoms with E-state index in [1.165, 1.54) is 0 Å². The van der Waals surface area contributed by atoms with Crippen LogP contribution in [0.4, 0.5) is 20.2 Å². The monoisotopic (exact) mass is 332 g/mol. The van der Waals surface area contributed by atoms with Crippen molar-refractivity contribution in [2.75, 3.05) is 10.6 Å². The second-order valence-corrected chi connectivity index (χ2v) is 6.36. The van der Waals surface area contributed by atoms with E-state index in [1.54, 1.807) is 12.1 Å². The number of halogens is 2. The van der Waals surface area contributed by atoms with Crippen LogP contribution in [0.5, 0.6) is 0 Å². The van der Waals surface area contributed by atoms with Crippen molar-refractivity contribution < 1.29 is 18.4 Å². The molecule has 0 spiro atoms. The Morgan fingerprint density at radius 2 is 1.46 bits per heavy atom. The Kier molecular flexibility index (Phi) is 4.97. The molecule has 2 aromatic carbocycles. The van der Waals surface area contributed by atoms with Crippen LogP contribution in [0.25, 0.3) is 0 Å². The lowest BCUT2D eigenvalue weighted by atomic mass is 9.87. The third-order valence-corrected chi connectivity index (χ3v) is 3.39. The number of hydrogen-bond acceptors (Lipinski definition) is 2. The molecule has 0 saturated carbocycles. The standard InChI is InChI=1S/C18H18F2N2O2/c1-18(2,3)11-4-7-13(8-5-11)21-16(23)17(24)22-15-10-12(19)6-9-14(15)20/h4-10H,1-3H3,(H,21,23)(H,22,24). The molecule has 2 aromatic rings. The lowest BCUT2D eigenvalue weighted by Crippen LogP contribution is -2.29. The minimum absolute atomic E-state index is 0.0329. The Hall–Kier alpha value is -2.76. The first-order chi connectivity index (χ1) is 11.2. The van der Waals surface area contributed by atoms with Crippen molar-refractivity contribution in [3.05, 3.63) is 59.7 Å². The van der Waals surface area contributed by atoms with Gasteiger partial charge in [0.25, 0.3) is 0 Å². The summed E-state index contributed by atoms with van der Waals surface area (Å²) in [5.74, 6) is -3.60. The normalized spacial score (nSPS) is 11.0. The first-order valence-electron chi connectivity index (χ1n) is 7.35. The molecule has 2 N–H and O–H groups in total. The first-order valence-corrected chi connectivity index (χ1v) is 7.35. The van der Waals surface area contributed by atoms with E-state index in [2.05, 4.69) is 26.1 Å². The van der Waals surface area contributed by atoms with Gasteiger partial charge in [0.2, 0.25) is 0 Å². The summed E-state index contributed by atoms with van der Waals surface area (Å²) in [5.41, 5.74) is 1.09.